The highest BCUT2D eigenvalue weighted by Crippen LogP contribution is 2.37. The number of aryl methyl sites for hydroxylation is 3. The maximum Gasteiger partial charge on any atom is 0.264 e. The van der Waals surface area contributed by atoms with Gasteiger partial charge < -0.3 is 14.2 Å². The number of hydrogen-bond acceptors (Lipinski definition) is 7. The minimum Gasteiger partial charge on any atom is -0.488 e. The lowest BCUT2D eigenvalue weighted by atomic mass is 9.92. The first kappa shape index (κ1) is 31.8. The molecule has 1 aliphatic carbocycles. The van der Waals surface area contributed by atoms with Crippen molar-refractivity contribution in [2.24, 2.45) is 5.41 Å². The fourth-order valence-corrected chi connectivity index (χ4v) is 7.61. The van der Waals surface area contributed by atoms with E-state index in [1.54, 1.807) is 32.0 Å². The van der Waals surface area contributed by atoms with Gasteiger partial charge >= 0.3 is 0 Å². The second kappa shape index (κ2) is 12.5. The van der Waals surface area contributed by atoms with Gasteiger partial charge in [-0.25, -0.2) is 13.1 Å². The van der Waals surface area contributed by atoms with Gasteiger partial charge in [0.1, 0.15) is 12.4 Å². The summed E-state index contributed by atoms with van der Waals surface area (Å²) in [6.07, 6.45) is 5.82. The molecule has 10 heteroatoms. The number of rotatable bonds is 10. The number of nitrogens with zero attached hydrogens (tertiary/aromatic N) is 3. The molecule has 1 amide bonds. The summed E-state index contributed by atoms with van der Waals surface area (Å²) in [4.78, 5) is 20.1. The first-order chi connectivity index (χ1) is 22.0. The van der Waals surface area contributed by atoms with E-state index in [9.17, 15) is 13.2 Å². The van der Waals surface area contributed by atoms with Crippen LogP contribution in [0.5, 0.6) is 5.75 Å². The number of carbonyl (C=O) groups is 1. The Morgan fingerprint density at radius 3 is 2.54 bits per heavy atom. The highest BCUT2D eigenvalue weighted by molar-refractivity contribution is 7.92. The molecule has 242 valence electrons. The zero-order valence-electron chi connectivity index (χ0n) is 27.3. The Hall–Kier alpha value is -4.18. The molecular formula is C36H42N4O5S. The van der Waals surface area contributed by atoms with Crippen LogP contribution >= 0.6 is 0 Å². The largest absolute Gasteiger partial charge is 0.488 e. The van der Waals surface area contributed by atoms with E-state index >= 15 is 0 Å². The van der Waals surface area contributed by atoms with Crippen molar-refractivity contribution in [1.82, 2.24) is 15.0 Å². The van der Waals surface area contributed by atoms with Gasteiger partial charge in [0.15, 0.2) is 0 Å². The Kier molecular flexibility index (Phi) is 8.67. The molecule has 46 heavy (non-hydrogen) atoms. The number of likely N-dealkylation sites (tertiary alicyclic amines) is 1. The smallest absolute Gasteiger partial charge is 0.264 e. The summed E-state index contributed by atoms with van der Waals surface area (Å²) in [6, 6.07) is 14.9. The highest BCUT2D eigenvalue weighted by atomic mass is 32.2. The van der Waals surface area contributed by atoms with Crippen LogP contribution < -0.4 is 9.46 Å². The summed E-state index contributed by atoms with van der Waals surface area (Å²) in [5.41, 5.74) is 7.26. The topological polar surface area (TPSA) is 115 Å². The number of benzene rings is 2. The number of carbonyl (C=O) groups excluding carboxylic acids is 1. The number of aromatic nitrogens is 2. The van der Waals surface area contributed by atoms with Crippen molar-refractivity contribution in [2.75, 3.05) is 11.3 Å². The summed E-state index contributed by atoms with van der Waals surface area (Å²) in [7, 11) is -4.04. The molecule has 0 unspecified atom stereocenters. The van der Waals surface area contributed by atoms with E-state index in [2.05, 4.69) is 22.9 Å². The van der Waals surface area contributed by atoms with Gasteiger partial charge in [0, 0.05) is 52.6 Å². The fourth-order valence-electron chi connectivity index (χ4n) is 6.34. The van der Waals surface area contributed by atoms with Crippen LogP contribution in [-0.4, -0.2) is 35.9 Å². The summed E-state index contributed by atoms with van der Waals surface area (Å²) in [5, 5.41) is 3.89. The molecule has 9 nitrogen and oxygen atoms in total. The third kappa shape index (κ3) is 6.27. The lowest BCUT2D eigenvalue weighted by molar-refractivity contribution is -0.135. The molecule has 0 atom stereocenters. The standard InChI is InChI=1S/C36H42N4O5S/c1-6-27-20-32(30-12-7-9-13-31(30)37-27)44-22-25-15-16-28(26(19-25)21-40-18-17-36(4,5)35(40)41)29-11-8-10-14-33(29)46(42,43)39-34-23(2)24(3)38-45-34/h8,10-11,14-16,19-20,39H,6-7,9,12-13,17-18,21-22H2,1-5H3. The third-order valence-corrected chi connectivity index (χ3v) is 10.7. The number of hydrogen-bond donors (Lipinski definition) is 1. The molecule has 6 rings (SSSR count). The van der Waals surface area contributed by atoms with Gasteiger partial charge in [-0.1, -0.05) is 56.3 Å². The van der Waals surface area contributed by atoms with Gasteiger partial charge in [0.2, 0.25) is 11.8 Å². The first-order valence-electron chi connectivity index (χ1n) is 16.1. The number of sulfonamides is 1. The van der Waals surface area contributed by atoms with Gasteiger partial charge in [-0.15, -0.1) is 0 Å². The predicted molar refractivity (Wildman–Crippen MR) is 177 cm³/mol. The Balaban J connectivity index is 1.37. The average molecular weight is 643 g/mol. The van der Waals surface area contributed by atoms with E-state index in [4.69, 9.17) is 14.2 Å². The van der Waals surface area contributed by atoms with Crippen LogP contribution in [0.3, 0.4) is 0 Å². The van der Waals surface area contributed by atoms with Gasteiger partial charge in [0.25, 0.3) is 10.0 Å². The summed E-state index contributed by atoms with van der Waals surface area (Å²) >= 11 is 0. The molecule has 0 saturated carbocycles. The van der Waals surface area contributed by atoms with Crippen molar-refractivity contribution in [3.63, 3.8) is 0 Å². The van der Waals surface area contributed by atoms with Crippen molar-refractivity contribution < 1.29 is 22.5 Å². The number of amides is 1. The number of fused-ring (bicyclic) bond motifs is 1. The zero-order chi connectivity index (χ0) is 32.6. The summed E-state index contributed by atoms with van der Waals surface area (Å²) < 4.78 is 41.8. The maximum absolute atomic E-state index is 13.8. The monoisotopic (exact) mass is 642 g/mol. The van der Waals surface area contributed by atoms with E-state index in [1.807, 2.05) is 43.0 Å². The van der Waals surface area contributed by atoms with Crippen molar-refractivity contribution in [3.05, 3.63) is 87.9 Å². The molecule has 4 aromatic rings. The molecule has 0 spiro atoms. The molecule has 2 aromatic heterocycles. The average Bonchev–Trinajstić information content (AvgIpc) is 3.50. The van der Waals surface area contributed by atoms with Crippen molar-refractivity contribution in [3.8, 4) is 16.9 Å². The molecule has 3 heterocycles. The fraction of sp³-hybridized carbons (Fsp3) is 0.417. The zero-order valence-corrected chi connectivity index (χ0v) is 28.1. The highest BCUT2D eigenvalue weighted by Gasteiger charge is 2.38. The van der Waals surface area contributed by atoms with Gasteiger partial charge in [-0.2, -0.15) is 0 Å². The van der Waals surface area contributed by atoms with E-state index in [0.717, 1.165) is 72.4 Å². The van der Waals surface area contributed by atoms with E-state index in [-0.39, 0.29) is 16.7 Å². The third-order valence-electron chi connectivity index (χ3n) is 9.32. The second-order valence-corrected chi connectivity index (χ2v) is 14.7. The van der Waals surface area contributed by atoms with E-state index < -0.39 is 15.4 Å². The molecule has 1 fully saturated rings. The van der Waals surface area contributed by atoms with Gasteiger partial charge in [-0.3, -0.25) is 9.78 Å². The Labute approximate surface area is 271 Å². The van der Waals surface area contributed by atoms with Gasteiger partial charge in [0.05, 0.1) is 10.6 Å². The molecule has 0 bridgehead atoms. The van der Waals surface area contributed by atoms with Crippen LogP contribution in [0.25, 0.3) is 11.1 Å². The van der Waals surface area contributed by atoms with Gasteiger partial charge in [-0.05, 0) is 81.2 Å². The lowest BCUT2D eigenvalue weighted by Crippen LogP contribution is -2.30. The van der Waals surface area contributed by atoms with Crippen LogP contribution in [0.15, 0.2) is 57.9 Å². The normalized spacial score (nSPS) is 16.0. The Morgan fingerprint density at radius 2 is 1.83 bits per heavy atom. The number of pyridine rings is 1. The van der Waals surface area contributed by atoms with E-state index in [1.165, 1.54) is 5.56 Å². The molecular weight excluding hydrogens is 600 g/mol. The predicted octanol–water partition coefficient (Wildman–Crippen LogP) is 6.93. The molecule has 0 radical (unpaired) electrons. The van der Waals surface area contributed by atoms with Crippen molar-refractivity contribution in [1.29, 1.82) is 0 Å². The minimum atomic E-state index is -4.04. The number of ether oxygens (including phenoxy) is 1. The number of nitrogens with one attached hydrogen (secondary N) is 1. The van der Waals surface area contributed by atoms with Crippen LogP contribution in [-0.2, 0) is 47.2 Å². The van der Waals surface area contributed by atoms with E-state index in [0.29, 0.717) is 36.5 Å². The SMILES string of the molecule is CCc1cc(OCc2ccc(-c3ccccc3S(=O)(=O)Nc3onc(C)c3C)c(CN3CCC(C)(C)C3=O)c2)c2c(n1)CCCC2. The van der Waals surface area contributed by atoms with Crippen LogP contribution in [0.4, 0.5) is 5.88 Å². The molecule has 2 aromatic carbocycles. The molecule has 1 N–H and O–H groups in total. The van der Waals surface area contributed by atoms with Crippen molar-refractivity contribution in [2.45, 2.75) is 91.2 Å². The molecule has 2 aliphatic rings. The maximum atomic E-state index is 13.8. The summed E-state index contributed by atoms with van der Waals surface area (Å²) in [6.45, 7) is 10.9. The van der Waals surface area contributed by atoms with Crippen molar-refractivity contribution >= 4 is 21.8 Å². The Bertz CT molecular complexity index is 1900. The Morgan fingerprint density at radius 1 is 1.04 bits per heavy atom. The van der Waals surface area contributed by atoms with Crippen LogP contribution in [0.2, 0.25) is 0 Å². The first-order valence-corrected chi connectivity index (χ1v) is 17.6. The summed E-state index contributed by atoms with van der Waals surface area (Å²) in [5.74, 6) is 1.08. The molecule has 1 aliphatic heterocycles. The van der Waals surface area contributed by atoms with Crippen LogP contribution in [0.1, 0.15) is 79.4 Å². The molecule has 1 saturated heterocycles. The second-order valence-electron chi connectivity index (χ2n) is 13.1. The number of anilines is 1. The minimum absolute atomic E-state index is 0.0920. The van der Waals surface area contributed by atoms with Crippen LogP contribution in [0, 0.1) is 19.3 Å². The quantitative estimate of drug-likeness (QED) is 0.199. The lowest BCUT2D eigenvalue weighted by Gasteiger charge is -2.23.